The summed E-state index contributed by atoms with van der Waals surface area (Å²) >= 11 is 0. The molecule has 2 saturated heterocycles. The van der Waals surface area contributed by atoms with Crippen molar-refractivity contribution in [3.05, 3.63) is 0 Å². The summed E-state index contributed by atoms with van der Waals surface area (Å²) in [6.45, 7) is 11.8. The summed E-state index contributed by atoms with van der Waals surface area (Å²) in [5.74, 6) is 1.16. The molecule has 0 saturated carbocycles. The number of nitrogens with one attached hydrogen (secondary N) is 2. The van der Waals surface area contributed by atoms with Crippen LogP contribution in [0.25, 0.3) is 0 Å². The van der Waals surface area contributed by atoms with E-state index in [9.17, 15) is 9.59 Å². The molecule has 0 radical (unpaired) electrons. The molecule has 29 heavy (non-hydrogen) atoms. The number of nitrogens with zero attached hydrogens (tertiary/aromatic N) is 4. The Hall–Kier alpha value is -1.10. The SMILES string of the molecule is CCC(C)NC(=O)CCNC(=NC)N1CCN(C(C)C(=O)N2CCCC2)CC1.I. The van der Waals surface area contributed by atoms with Crippen molar-refractivity contribution in [3.8, 4) is 0 Å². The van der Waals surface area contributed by atoms with Gasteiger partial charge in [0.25, 0.3) is 0 Å². The van der Waals surface area contributed by atoms with Gasteiger partial charge in [-0.15, -0.1) is 24.0 Å². The Labute approximate surface area is 192 Å². The van der Waals surface area contributed by atoms with Crippen LogP contribution in [0.2, 0.25) is 0 Å². The number of aliphatic imine (C=N–C) groups is 1. The third kappa shape index (κ3) is 7.92. The zero-order valence-corrected chi connectivity index (χ0v) is 20.8. The molecule has 2 amide bonds. The van der Waals surface area contributed by atoms with Crippen molar-refractivity contribution in [2.45, 2.75) is 58.5 Å². The highest BCUT2D eigenvalue weighted by atomic mass is 127. The molecule has 8 nitrogen and oxygen atoms in total. The first-order valence-electron chi connectivity index (χ1n) is 10.7. The van der Waals surface area contributed by atoms with Gasteiger partial charge in [0, 0.05) is 65.3 Å². The molecule has 168 valence electrons. The number of amides is 2. The van der Waals surface area contributed by atoms with Crippen molar-refractivity contribution in [1.82, 2.24) is 25.3 Å². The number of rotatable bonds is 7. The smallest absolute Gasteiger partial charge is 0.239 e. The minimum Gasteiger partial charge on any atom is -0.356 e. The van der Waals surface area contributed by atoms with E-state index in [0.717, 1.165) is 64.5 Å². The van der Waals surface area contributed by atoms with E-state index in [2.05, 4.69) is 32.3 Å². The van der Waals surface area contributed by atoms with Gasteiger partial charge in [0.05, 0.1) is 6.04 Å². The van der Waals surface area contributed by atoms with Crippen LogP contribution in [-0.4, -0.2) is 97.4 Å². The molecule has 2 aliphatic heterocycles. The Morgan fingerprint density at radius 3 is 2.17 bits per heavy atom. The number of piperazine rings is 1. The molecule has 0 spiro atoms. The standard InChI is InChI=1S/C20H38N6O2.HI/c1-5-16(2)23-18(27)8-9-22-20(21-4)26-14-12-24(13-15-26)17(3)19(28)25-10-6-7-11-25;/h16-17H,5-15H2,1-4H3,(H,21,22)(H,23,27);1H. The van der Waals surface area contributed by atoms with Crippen molar-refractivity contribution in [1.29, 1.82) is 0 Å². The third-order valence-electron chi connectivity index (χ3n) is 5.80. The fourth-order valence-corrected chi connectivity index (χ4v) is 3.75. The molecule has 0 aliphatic carbocycles. The monoisotopic (exact) mass is 522 g/mol. The largest absolute Gasteiger partial charge is 0.356 e. The molecule has 2 rings (SSSR count). The van der Waals surface area contributed by atoms with Gasteiger partial charge in [-0.2, -0.15) is 0 Å². The second kappa shape index (κ2) is 13.3. The lowest BCUT2D eigenvalue weighted by Gasteiger charge is -2.39. The molecule has 0 aromatic carbocycles. The van der Waals surface area contributed by atoms with Gasteiger partial charge in [-0.1, -0.05) is 6.92 Å². The highest BCUT2D eigenvalue weighted by molar-refractivity contribution is 14.0. The summed E-state index contributed by atoms with van der Waals surface area (Å²) < 4.78 is 0. The van der Waals surface area contributed by atoms with Crippen molar-refractivity contribution in [2.24, 2.45) is 4.99 Å². The highest BCUT2D eigenvalue weighted by Crippen LogP contribution is 2.14. The van der Waals surface area contributed by atoms with Crippen molar-refractivity contribution in [3.63, 3.8) is 0 Å². The first kappa shape index (κ1) is 25.9. The Kier molecular flexibility index (Phi) is 11.9. The van der Waals surface area contributed by atoms with Crippen molar-refractivity contribution in [2.75, 3.05) is 52.9 Å². The normalized spacial score (nSPS) is 20.1. The van der Waals surface area contributed by atoms with Crippen LogP contribution in [0, 0.1) is 0 Å². The molecule has 2 N–H and O–H groups in total. The van der Waals surface area contributed by atoms with E-state index in [1.807, 2.05) is 18.7 Å². The lowest BCUT2D eigenvalue weighted by molar-refractivity contribution is -0.135. The van der Waals surface area contributed by atoms with Crippen molar-refractivity contribution >= 4 is 41.8 Å². The molecule has 9 heteroatoms. The first-order chi connectivity index (χ1) is 13.5. The van der Waals surface area contributed by atoms with E-state index in [1.165, 1.54) is 0 Å². The van der Waals surface area contributed by atoms with Gasteiger partial charge >= 0.3 is 0 Å². The minimum absolute atomic E-state index is 0. The van der Waals surface area contributed by atoms with Crippen LogP contribution in [-0.2, 0) is 9.59 Å². The number of carbonyl (C=O) groups excluding carboxylic acids is 2. The zero-order valence-electron chi connectivity index (χ0n) is 18.4. The number of halogens is 1. The summed E-state index contributed by atoms with van der Waals surface area (Å²) in [5.41, 5.74) is 0. The van der Waals surface area contributed by atoms with Gasteiger partial charge in [0.15, 0.2) is 5.96 Å². The Bertz CT molecular complexity index is 545. The van der Waals surface area contributed by atoms with E-state index in [1.54, 1.807) is 7.05 Å². The maximum Gasteiger partial charge on any atom is 0.239 e. The Morgan fingerprint density at radius 2 is 1.62 bits per heavy atom. The Balaban J connectivity index is 0.00000420. The number of carbonyl (C=O) groups is 2. The topological polar surface area (TPSA) is 80.3 Å². The molecule has 0 aromatic rings. The maximum absolute atomic E-state index is 12.6. The lowest BCUT2D eigenvalue weighted by Crippen LogP contribution is -2.57. The minimum atomic E-state index is -0.0560. The van der Waals surface area contributed by atoms with Crippen LogP contribution in [0.15, 0.2) is 4.99 Å². The molecular weight excluding hydrogens is 483 g/mol. The molecule has 0 bridgehead atoms. The van der Waals surface area contributed by atoms with Gasteiger partial charge in [-0.3, -0.25) is 19.5 Å². The van der Waals surface area contributed by atoms with E-state index in [0.29, 0.717) is 13.0 Å². The van der Waals surface area contributed by atoms with Gasteiger partial charge in [0.1, 0.15) is 0 Å². The second-order valence-electron chi connectivity index (χ2n) is 7.83. The van der Waals surface area contributed by atoms with Crippen LogP contribution < -0.4 is 10.6 Å². The third-order valence-corrected chi connectivity index (χ3v) is 5.80. The molecule has 2 atom stereocenters. The van der Waals surface area contributed by atoms with E-state index in [-0.39, 0.29) is 47.9 Å². The molecule has 2 fully saturated rings. The van der Waals surface area contributed by atoms with E-state index < -0.39 is 0 Å². The summed E-state index contributed by atoms with van der Waals surface area (Å²) in [6.07, 6.45) is 3.63. The summed E-state index contributed by atoms with van der Waals surface area (Å²) in [4.78, 5) is 35.4. The fourth-order valence-electron chi connectivity index (χ4n) is 3.75. The quantitative estimate of drug-likeness (QED) is 0.298. The fraction of sp³-hybridized carbons (Fsp3) is 0.850. The number of likely N-dealkylation sites (tertiary alicyclic amines) is 1. The lowest BCUT2D eigenvalue weighted by atomic mass is 10.2. The van der Waals surface area contributed by atoms with Gasteiger partial charge < -0.3 is 20.4 Å². The van der Waals surface area contributed by atoms with Crippen LogP contribution in [0.1, 0.15) is 46.5 Å². The van der Waals surface area contributed by atoms with Crippen LogP contribution in [0.3, 0.4) is 0 Å². The van der Waals surface area contributed by atoms with Crippen LogP contribution in [0.5, 0.6) is 0 Å². The molecule has 2 unspecified atom stereocenters. The summed E-state index contributed by atoms with van der Waals surface area (Å²) in [5, 5.41) is 6.27. The zero-order chi connectivity index (χ0) is 20.5. The van der Waals surface area contributed by atoms with Gasteiger partial charge in [-0.25, -0.2) is 0 Å². The molecule has 0 aromatic heterocycles. The molecule has 2 heterocycles. The number of hydrogen-bond donors (Lipinski definition) is 2. The summed E-state index contributed by atoms with van der Waals surface area (Å²) in [6, 6.07) is 0.157. The number of guanidine groups is 1. The second-order valence-corrected chi connectivity index (χ2v) is 7.83. The highest BCUT2D eigenvalue weighted by Gasteiger charge is 2.30. The average molecular weight is 522 g/mol. The van der Waals surface area contributed by atoms with Crippen LogP contribution >= 0.6 is 24.0 Å². The van der Waals surface area contributed by atoms with Gasteiger partial charge in [-0.05, 0) is 33.1 Å². The summed E-state index contributed by atoms with van der Waals surface area (Å²) in [7, 11) is 1.77. The van der Waals surface area contributed by atoms with Crippen molar-refractivity contribution < 1.29 is 9.59 Å². The predicted molar refractivity (Wildman–Crippen MR) is 128 cm³/mol. The van der Waals surface area contributed by atoms with Gasteiger partial charge in [0.2, 0.25) is 11.8 Å². The molecular formula is C20H39IN6O2. The number of hydrogen-bond acceptors (Lipinski definition) is 4. The van der Waals surface area contributed by atoms with E-state index in [4.69, 9.17) is 0 Å². The Morgan fingerprint density at radius 1 is 1.00 bits per heavy atom. The predicted octanol–water partition coefficient (Wildman–Crippen LogP) is 1.11. The molecule has 2 aliphatic rings. The maximum atomic E-state index is 12.6. The van der Waals surface area contributed by atoms with Crippen LogP contribution in [0.4, 0.5) is 0 Å². The average Bonchev–Trinajstić information content (AvgIpc) is 3.25. The van der Waals surface area contributed by atoms with E-state index >= 15 is 0 Å². The first-order valence-corrected chi connectivity index (χ1v) is 10.7.